The molecule has 2 aliphatic rings. The van der Waals surface area contributed by atoms with Crippen LogP contribution in [-0.2, 0) is 4.79 Å². The fourth-order valence-corrected chi connectivity index (χ4v) is 3.40. The van der Waals surface area contributed by atoms with Gasteiger partial charge in [0.1, 0.15) is 17.5 Å². The average Bonchev–Trinajstić information content (AvgIpc) is 2.50. The Balaban J connectivity index is 0.00000192. The molecule has 128 valence electrons. The maximum Gasteiger partial charge on any atom is 0.237 e. The zero-order valence-corrected chi connectivity index (χ0v) is 14.2. The third-order valence-corrected chi connectivity index (χ3v) is 4.56. The number of halogens is 2. The molecule has 3 N–H and O–H groups in total. The smallest absolute Gasteiger partial charge is 0.237 e. The quantitative estimate of drug-likeness (QED) is 0.663. The standard InChI is InChI=1S/C14H20ClN5O2.ClH/c15-11-7-10(18-9-19-11)13(14(22)1-3-16-4-2-14)20-6-5-17-8-12(20)21;/h7,9,13,16-17,22H,1-6,8H2;1H. The van der Waals surface area contributed by atoms with E-state index in [1.54, 1.807) is 11.0 Å². The van der Waals surface area contributed by atoms with Crippen molar-refractivity contribution in [3.05, 3.63) is 23.2 Å². The normalized spacial score (nSPS) is 22.3. The van der Waals surface area contributed by atoms with Gasteiger partial charge in [-0.1, -0.05) is 11.6 Å². The SMILES string of the molecule is Cl.O=C1CNCCN1C(c1cc(Cl)ncn1)C1(O)CCNCC1. The van der Waals surface area contributed by atoms with Crippen molar-refractivity contribution in [1.29, 1.82) is 0 Å². The zero-order chi connectivity index (χ0) is 15.6. The van der Waals surface area contributed by atoms with Crippen LogP contribution in [0.25, 0.3) is 0 Å². The first-order valence-corrected chi connectivity index (χ1v) is 7.89. The molecular weight excluding hydrogens is 341 g/mol. The third kappa shape index (κ3) is 3.92. The van der Waals surface area contributed by atoms with Crippen molar-refractivity contribution in [2.75, 3.05) is 32.7 Å². The predicted molar refractivity (Wildman–Crippen MR) is 88.7 cm³/mol. The molecule has 1 aromatic rings. The summed E-state index contributed by atoms with van der Waals surface area (Å²) in [7, 11) is 0. The van der Waals surface area contributed by atoms with Gasteiger partial charge in [-0.15, -0.1) is 12.4 Å². The van der Waals surface area contributed by atoms with Crippen molar-refractivity contribution in [2.24, 2.45) is 0 Å². The lowest BCUT2D eigenvalue weighted by Gasteiger charge is -2.45. The summed E-state index contributed by atoms with van der Waals surface area (Å²) in [6, 6.07) is 1.14. The summed E-state index contributed by atoms with van der Waals surface area (Å²) in [6.45, 7) is 2.96. The van der Waals surface area contributed by atoms with Crippen LogP contribution in [-0.4, -0.2) is 64.2 Å². The second-order valence-electron chi connectivity index (χ2n) is 5.79. The van der Waals surface area contributed by atoms with Gasteiger partial charge < -0.3 is 20.6 Å². The molecule has 3 heterocycles. The Morgan fingerprint density at radius 2 is 2.00 bits per heavy atom. The van der Waals surface area contributed by atoms with Crippen LogP contribution in [0.4, 0.5) is 0 Å². The Morgan fingerprint density at radius 3 is 2.65 bits per heavy atom. The van der Waals surface area contributed by atoms with Crippen LogP contribution in [0.5, 0.6) is 0 Å². The van der Waals surface area contributed by atoms with Gasteiger partial charge in [0.05, 0.1) is 17.8 Å². The molecule has 0 radical (unpaired) electrons. The minimum Gasteiger partial charge on any atom is -0.387 e. The van der Waals surface area contributed by atoms with Gasteiger partial charge in [0.2, 0.25) is 5.91 Å². The highest BCUT2D eigenvalue weighted by Crippen LogP contribution is 2.37. The summed E-state index contributed by atoms with van der Waals surface area (Å²) < 4.78 is 0. The molecule has 7 nitrogen and oxygen atoms in total. The van der Waals surface area contributed by atoms with Crippen LogP contribution in [0.3, 0.4) is 0 Å². The molecule has 9 heteroatoms. The van der Waals surface area contributed by atoms with Crippen molar-refractivity contribution in [3.8, 4) is 0 Å². The van der Waals surface area contributed by atoms with Gasteiger partial charge >= 0.3 is 0 Å². The zero-order valence-electron chi connectivity index (χ0n) is 12.7. The fourth-order valence-electron chi connectivity index (χ4n) is 3.25. The number of hydrogen-bond donors (Lipinski definition) is 3. The van der Waals surface area contributed by atoms with E-state index in [0.717, 1.165) is 0 Å². The van der Waals surface area contributed by atoms with Crippen molar-refractivity contribution in [3.63, 3.8) is 0 Å². The summed E-state index contributed by atoms with van der Waals surface area (Å²) in [5, 5.41) is 17.8. The molecule has 0 bridgehead atoms. The number of piperidine rings is 1. The third-order valence-electron chi connectivity index (χ3n) is 4.35. The number of aliphatic hydroxyl groups is 1. The highest BCUT2D eigenvalue weighted by molar-refractivity contribution is 6.29. The van der Waals surface area contributed by atoms with E-state index in [4.69, 9.17) is 11.6 Å². The first-order valence-electron chi connectivity index (χ1n) is 7.51. The Hall–Kier alpha value is -0.990. The van der Waals surface area contributed by atoms with Gasteiger partial charge in [0, 0.05) is 13.1 Å². The van der Waals surface area contributed by atoms with Crippen LogP contribution in [0.1, 0.15) is 24.6 Å². The number of piperazine rings is 1. The topological polar surface area (TPSA) is 90.4 Å². The minimum absolute atomic E-state index is 0. The molecule has 0 spiro atoms. The van der Waals surface area contributed by atoms with Crippen molar-refractivity contribution in [1.82, 2.24) is 25.5 Å². The lowest BCUT2D eigenvalue weighted by Crippen LogP contribution is -2.58. The number of hydrogen-bond acceptors (Lipinski definition) is 6. The monoisotopic (exact) mass is 361 g/mol. The summed E-state index contributed by atoms with van der Waals surface area (Å²) in [6.07, 6.45) is 2.51. The summed E-state index contributed by atoms with van der Waals surface area (Å²) >= 11 is 5.99. The van der Waals surface area contributed by atoms with Gasteiger partial charge in [0.15, 0.2) is 0 Å². The Morgan fingerprint density at radius 1 is 1.26 bits per heavy atom. The molecule has 0 saturated carbocycles. The van der Waals surface area contributed by atoms with Gasteiger partial charge in [-0.3, -0.25) is 4.79 Å². The lowest BCUT2D eigenvalue weighted by atomic mass is 9.82. The van der Waals surface area contributed by atoms with Crippen molar-refractivity contribution in [2.45, 2.75) is 24.5 Å². The molecule has 2 fully saturated rings. The molecule has 2 saturated heterocycles. The van der Waals surface area contributed by atoms with Gasteiger partial charge in [-0.2, -0.15) is 0 Å². The van der Waals surface area contributed by atoms with E-state index in [2.05, 4.69) is 20.6 Å². The molecule has 0 aromatic carbocycles. The maximum atomic E-state index is 12.3. The van der Waals surface area contributed by atoms with Crippen LogP contribution >= 0.6 is 24.0 Å². The number of amides is 1. The van der Waals surface area contributed by atoms with Crippen LogP contribution in [0.2, 0.25) is 5.15 Å². The number of carbonyl (C=O) groups is 1. The second-order valence-corrected chi connectivity index (χ2v) is 6.17. The molecule has 1 atom stereocenters. The largest absolute Gasteiger partial charge is 0.387 e. The fraction of sp³-hybridized carbons (Fsp3) is 0.643. The Bertz CT molecular complexity index is 554. The number of rotatable bonds is 3. The molecule has 0 aliphatic carbocycles. The minimum atomic E-state index is -1.00. The maximum absolute atomic E-state index is 12.3. The van der Waals surface area contributed by atoms with Gasteiger partial charge in [0.25, 0.3) is 0 Å². The average molecular weight is 362 g/mol. The highest BCUT2D eigenvalue weighted by atomic mass is 35.5. The van der Waals surface area contributed by atoms with E-state index >= 15 is 0 Å². The number of carbonyl (C=O) groups excluding carboxylic acids is 1. The Kier molecular flexibility index (Phi) is 6.16. The molecule has 23 heavy (non-hydrogen) atoms. The van der Waals surface area contributed by atoms with E-state index in [-0.39, 0.29) is 24.9 Å². The first-order chi connectivity index (χ1) is 10.6. The lowest BCUT2D eigenvalue weighted by molar-refractivity contribution is -0.145. The van der Waals surface area contributed by atoms with Crippen molar-refractivity contribution < 1.29 is 9.90 Å². The summed E-state index contributed by atoms with van der Waals surface area (Å²) in [5.41, 5.74) is -0.407. The first kappa shape index (κ1) is 18.4. The van der Waals surface area contributed by atoms with Crippen LogP contribution in [0, 0.1) is 0 Å². The molecule has 1 amide bonds. The van der Waals surface area contributed by atoms with E-state index < -0.39 is 11.6 Å². The summed E-state index contributed by atoms with van der Waals surface area (Å²) in [4.78, 5) is 22.2. The predicted octanol–water partition coefficient (Wildman–Crippen LogP) is 0.139. The van der Waals surface area contributed by atoms with Gasteiger partial charge in [-0.05, 0) is 32.0 Å². The van der Waals surface area contributed by atoms with Crippen LogP contribution < -0.4 is 10.6 Å². The van der Waals surface area contributed by atoms with Crippen molar-refractivity contribution >= 4 is 29.9 Å². The van der Waals surface area contributed by atoms with Gasteiger partial charge in [-0.25, -0.2) is 9.97 Å². The molecular formula is C14H21Cl2N5O2. The second kappa shape index (κ2) is 7.72. The van der Waals surface area contributed by atoms with E-state index in [9.17, 15) is 9.90 Å². The molecule has 1 unspecified atom stereocenters. The van der Waals surface area contributed by atoms with Crippen LogP contribution in [0.15, 0.2) is 12.4 Å². The number of aromatic nitrogens is 2. The molecule has 1 aromatic heterocycles. The van der Waals surface area contributed by atoms with E-state index in [0.29, 0.717) is 49.9 Å². The summed E-state index contributed by atoms with van der Waals surface area (Å²) in [5.74, 6) is -0.0297. The van der Waals surface area contributed by atoms with E-state index in [1.165, 1.54) is 6.33 Å². The number of nitrogens with one attached hydrogen (secondary N) is 2. The molecule has 2 aliphatic heterocycles. The Labute approximate surface area is 146 Å². The number of nitrogens with zero attached hydrogens (tertiary/aromatic N) is 3. The van der Waals surface area contributed by atoms with E-state index in [1.807, 2.05) is 0 Å². The molecule has 3 rings (SSSR count). The highest BCUT2D eigenvalue weighted by Gasteiger charge is 2.45.